The average molecular weight is 299 g/mol. The molecule has 0 aromatic heterocycles. The molecule has 2 amide bonds. The molecule has 0 atom stereocenters. The zero-order chi connectivity index (χ0) is 16.3. The van der Waals surface area contributed by atoms with Crippen LogP contribution in [0.3, 0.4) is 0 Å². The highest BCUT2D eigenvalue weighted by Gasteiger charge is 2.42. The minimum atomic E-state index is -0.620. The molecule has 2 aliphatic rings. The Balaban J connectivity index is 2.57. The van der Waals surface area contributed by atoms with Gasteiger partial charge in [-0.15, -0.1) is 0 Å². The van der Waals surface area contributed by atoms with E-state index < -0.39 is 17.5 Å². The zero-order valence-corrected chi connectivity index (χ0v) is 12.6. The number of amidine groups is 1. The number of amides is 2. The molecule has 0 saturated heterocycles. The molecule has 114 valence electrons. The predicted molar refractivity (Wildman–Crippen MR) is 77.8 cm³/mol. The Morgan fingerprint density at radius 1 is 1.14 bits per heavy atom. The second kappa shape index (κ2) is 5.98. The number of carbonyl (C=O) groups excluding carboxylic acids is 2. The van der Waals surface area contributed by atoms with Crippen molar-refractivity contribution < 1.29 is 9.59 Å². The van der Waals surface area contributed by atoms with Gasteiger partial charge in [-0.25, -0.2) is 9.89 Å². The number of carbonyl (C=O) groups is 2. The van der Waals surface area contributed by atoms with Crippen molar-refractivity contribution in [1.29, 1.82) is 10.5 Å². The fourth-order valence-electron chi connectivity index (χ4n) is 2.94. The van der Waals surface area contributed by atoms with Crippen LogP contribution in [0.1, 0.15) is 46.0 Å². The minimum absolute atomic E-state index is 0.0833. The molecular formula is C15H17N5O2. The maximum atomic E-state index is 11.8. The van der Waals surface area contributed by atoms with E-state index in [0.29, 0.717) is 0 Å². The Bertz CT molecular complexity index is 626. The van der Waals surface area contributed by atoms with Gasteiger partial charge < -0.3 is 5.32 Å². The summed E-state index contributed by atoms with van der Waals surface area (Å²) in [6.07, 6.45) is 4.51. The summed E-state index contributed by atoms with van der Waals surface area (Å²) in [6, 6.07) is 3.61. The van der Waals surface area contributed by atoms with E-state index in [1.807, 2.05) is 0 Å². The molecule has 7 nitrogen and oxygen atoms in total. The molecule has 1 N–H and O–H groups in total. The molecule has 0 aromatic rings. The van der Waals surface area contributed by atoms with Crippen molar-refractivity contribution in [2.75, 3.05) is 0 Å². The number of hydrogen-bond acceptors (Lipinski definition) is 6. The third kappa shape index (κ3) is 2.71. The van der Waals surface area contributed by atoms with E-state index in [9.17, 15) is 9.59 Å². The van der Waals surface area contributed by atoms with Crippen molar-refractivity contribution in [3.8, 4) is 12.1 Å². The maximum absolute atomic E-state index is 11.8. The molecule has 0 aromatic carbocycles. The molecule has 0 unspecified atom stereocenters. The number of hydrogen-bond donors (Lipinski definition) is 1. The summed E-state index contributed by atoms with van der Waals surface area (Å²) in [5, 5.41) is 21.4. The smallest absolute Gasteiger partial charge is 0.231 e. The summed E-state index contributed by atoms with van der Waals surface area (Å²) in [6.45, 7) is 2.51. The van der Waals surface area contributed by atoms with Gasteiger partial charge in [0.25, 0.3) is 0 Å². The summed E-state index contributed by atoms with van der Waals surface area (Å²) in [4.78, 5) is 29.1. The van der Waals surface area contributed by atoms with Gasteiger partial charge in [-0.05, 0) is 25.7 Å². The largest absolute Gasteiger partial charge is 0.357 e. The Morgan fingerprint density at radius 3 is 2.14 bits per heavy atom. The number of nitrogens with zero attached hydrogens (tertiary/aromatic N) is 4. The number of rotatable bonds is 0. The summed E-state index contributed by atoms with van der Waals surface area (Å²) in [5.74, 6) is -0.901. The molecule has 0 radical (unpaired) electrons. The molecule has 1 aliphatic carbocycles. The van der Waals surface area contributed by atoms with Crippen LogP contribution in [0.4, 0.5) is 0 Å². The van der Waals surface area contributed by atoms with Crippen LogP contribution in [0.2, 0.25) is 0 Å². The molecule has 1 aliphatic heterocycles. The van der Waals surface area contributed by atoms with Crippen LogP contribution in [0, 0.1) is 22.7 Å². The van der Waals surface area contributed by atoms with Gasteiger partial charge in [-0.3, -0.25) is 9.59 Å². The molecule has 2 rings (SSSR count). The first-order chi connectivity index (χ1) is 10.4. The highest BCUT2D eigenvalue weighted by molar-refractivity contribution is 6.18. The van der Waals surface area contributed by atoms with Gasteiger partial charge in [0.05, 0.1) is 0 Å². The van der Waals surface area contributed by atoms with Crippen molar-refractivity contribution in [1.82, 2.24) is 10.2 Å². The number of allylic oxidation sites excluding steroid dienone is 1. The Kier molecular flexibility index (Phi) is 4.27. The lowest BCUT2D eigenvalue weighted by Gasteiger charge is -2.31. The fraction of sp³-hybridized carbons (Fsp3) is 0.533. The maximum Gasteiger partial charge on any atom is 0.231 e. The molecule has 1 heterocycles. The Hall–Kier alpha value is -2.67. The lowest BCUT2D eigenvalue weighted by molar-refractivity contribution is -0.137. The van der Waals surface area contributed by atoms with Crippen LogP contribution in [0.25, 0.3) is 0 Å². The lowest BCUT2D eigenvalue weighted by atomic mass is 9.90. The first-order valence-corrected chi connectivity index (χ1v) is 7.18. The topological polar surface area (TPSA) is 109 Å². The van der Waals surface area contributed by atoms with E-state index in [2.05, 4.69) is 10.3 Å². The Labute approximate surface area is 128 Å². The van der Waals surface area contributed by atoms with Crippen LogP contribution in [-0.2, 0) is 9.59 Å². The van der Waals surface area contributed by atoms with Gasteiger partial charge in [0.2, 0.25) is 11.8 Å². The number of nitrogens with one attached hydrogen (secondary N) is 1. The number of imide groups is 1. The zero-order valence-electron chi connectivity index (χ0n) is 12.6. The minimum Gasteiger partial charge on any atom is -0.357 e. The first kappa shape index (κ1) is 15.7. The fourth-order valence-corrected chi connectivity index (χ4v) is 2.94. The van der Waals surface area contributed by atoms with Gasteiger partial charge in [0.15, 0.2) is 11.4 Å². The second-order valence-corrected chi connectivity index (χ2v) is 5.50. The van der Waals surface area contributed by atoms with Crippen LogP contribution < -0.4 is 5.32 Å². The van der Waals surface area contributed by atoms with Crippen molar-refractivity contribution in [2.24, 2.45) is 4.99 Å². The summed E-state index contributed by atoms with van der Waals surface area (Å²) in [7, 11) is 0. The van der Waals surface area contributed by atoms with Gasteiger partial charge >= 0.3 is 0 Å². The van der Waals surface area contributed by atoms with E-state index in [0.717, 1.165) is 37.0 Å². The molecular weight excluding hydrogens is 282 g/mol. The molecule has 7 heteroatoms. The van der Waals surface area contributed by atoms with Gasteiger partial charge in [-0.2, -0.15) is 10.5 Å². The lowest BCUT2D eigenvalue weighted by Crippen LogP contribution is -2.42. The van der Waals surface area contributed by atoms with Crippen LogP contribution in [0.15, 0.2) is 16.3 Å². The van der Waals surface area contributed by atoms with E-state index in [1.165, 1.54) is 13.8 Å². The van der Waals surface area contributed by atoms with E-state index in [1.54, 1.807) is 12.1 Å². The normalized spacial score (nSPS) is 18.7. The third-order valence-electron chi connectivity index (χ3n) is 3.90. The highest BCUT2D eigenvalue weighted by Crippen LogP contribution is 2.35. The predicted octanol–water partition coefficient (Wildman–Crippen LogP) is 1.34. The summed E-state index contributed by atoms with van der Waals surface area (Å²) in [5.41, 5.74) is -0.614. The van der Waals surface area contributed by atoms with Crippen molar-refractivity contribution in [2.45, 2.75) is 51.6 Å². The standard InChI is InChI=1S/C15H17N5O2/c1-10(21)20(11(2)22)14-13(12(8-16)9-17)18-15(19-14)6-4-3-5-7-15/h18H,3-7H2,1-2H3. The third-order valence-corrected chi connectivity index (χ3v) is 3.90. The van der Waals surface area contributed by atoms with Gasteiger partial charge in [0, 0.05) is 13.8 Å². The molecule has 1 fully saturated rings. The first-order valence-electron chi connectivity index (χ1n) is 7.18. The molecule has 0 bridgehead atoms. The molecule has 1 saturated carbocycles. The van der Waals surface area contributed by atoms with E-state index >= 15 is 0 Å². The Morgan fingerprint density at radius 2 is 1.68 bits per heavy atom. The molecule has 1 spiro atoms. The van der Waals surface area contributed by atoms with Gasteiger partial charge in [-0.1, -0.05) is 6.42 Å². The van der Waals surface area contributed by atoms with Crippen LogP contribution in [-0.4, -0.2) is 28.2 Å². The van der Waals surface area contributed by atoms with Crippen LogP contribution >= 0.6 is 0 Å². The summed E-state index contributed by atoms with van der Waals surface area (Å²) >= 11 is 0. The van der Waals surface area contributed by atoms with Crippen LogP contribution in [0.5, 0.6) is 0 Å². The quantitative estimate of drug-likeness (QED) is 0.679. The molecule has 22 heavy (non-hydrogen) atoms. The van der Waals surface area contributed by atoms with E-state index in [-0.39, 0.29) is 17.1 Å². The van der Waals surface area contributed by atoms with Crippen molar-refractivity contribution in [3.05, 3.63) is 11.3 Å². The average Bonchev–Trinajstić information content (AvgIpc) is 2.79. The number of aliphatic imine (C=N–C) groups is 1. The SMILES string of the molecule is CC(=O)N(C(C)=O)C1=NC2(CCCCC2)NC1=C(C#N)C#N. The highest BCUT2D eigenvalue weighted by atomic mass is 16.2. The van der Waals surface area contributed by atoms with Crippen molar-refractivity contribution >= 4 is 17.6 Å². The monoisotopic (exact) mass is 299 g/mol. The summed E-state index contributed by atoms with van der Waals surface area (Å²) < 4.78 is 0. The second-order valence-electron chi connectivity index (χ2n) is 5.50. The number of nitriles is 2. The van der Waals surface area contributed by atoms with Gasteiger partial charge in [0.1, 0.15) is 23.5 Å². The van der Waals surface area contributed by atoms with Crippen molar-refractivity contribution in [3.63, 3.8) is 0 Å². The van der Waals surface area contributed by atoms with E-state index in [4.69, 9.17) is 10.5 Å².